The fraction of sp³-hybridized carbons (Fsp3) is 0.143. The van der Waals surface area contributed by atoms with Crippen LogP contribution >= 0.6 is 0 Å². The van der Waals surface area contributed by atoms with Gasteiger partial charge in [0.25, 0.3) is 0 Å². The number of pyridine rings is 1. The van der Waals surface area contributed by atoms with Crippen LogP contribution in [0, 0.1) is 0 Å². The summed E-state index contributed by atoms with van der Waals surface area (Å²) in [6.45, 7) is -0.323. The number of halogens is 3. The molecule has 2 aromatic rings. The van der Waals surface area contributed by atoms with Crippen LogP contribution in [-0.4, -0.2) is 10.8 Å². The molecule has 0 radical (unpaired) electrons. The monoisotopic (exact) mass is 295 g/mol. The van der Waals surface area contributed by atoms with Crippen molar-refractivity contribution in [3.8, 4) is 0 Å². The Labute approximate surface area is 119 Å². The summed E-state index contributed by atoms with van der Waals surface area (Å²) in [5.41, 5.74) is 5.42. The summed E-state index contributed by atoms with van der Waals surface area (Å²) in [6, 6.07) is 8.47. The molecular formula is C14H12F3N3O. The summed E-state index contributed by atoms with van der Waals surface area (Å²) in [6.07, 6.45) is -1.39. The summed E-state index contributed by atoms with van der Waals surface area (Å²) >= 11 is 0. The number of oxime groups is 1. The van der Waals surface area contributed by atoms with Crippen molar-refractivity contribution in [3.63, 3.8) is 0 Å². The van der Waals surface area contributed by atoms with E-state index in [9.17, 15) is 13.2 Å². The Hall–Kier alpha value is -2.57. The molecule has 1 aromatic heterocycles. The highest BCUT2D eigenvalue weighted by Crippen LogP contribution is 2.32. The normalized spacial score (nSPS) is 12.2. The van der Waals surface area contributed by atoms with Gasteiger partial charge in [-0.25, -0.2) is 0 Å². The first-order valence-electron chi connectivity index (χ1n) is 5.99. The Morgan fingerprint density at radius 3 is 2.62 bits per heavy atom. The lowest BCUT2D eigenvalue weighted by Crippen LogP contribution is -2.14. The van der Waals surface area contributed by atoms with Gasteiger partial charge in [-0.3, -0.25) is 4.98 Å². The molecule has 0 aliphatic heterocycles. The molecule has 110 valence electrons. The number of amidine groups is 1. The van der Waals surface area contributed by atoms with E-state index in [1.165, 1.54) is 24.4 Å². The minimum atomic E-state index is -4.43. The minimum absolute atomic E-state index is 0.00673. The minimum Gasteiger partial charge on any atom is -0.389 e. The summed E-state index contributed by atoms with van der Waals surface area (Å²) in [4.78, 5) is 8.76. The molecular weight excluding hydrogens is 283 g/mol. The molecule has 2 rings (SSSR count). The van der Waals surface area contributed by atoms with Crippen LogP contribution in [0.1, 0.15) is 16.7 Å². The van der Waals surface area contributed by atoms with Gasteiger partial charge in [0, 0.05) is 23.5 Å². The molecule has 1 heterocycles. The van der Waals surface area contributed by atoms with E-state index < -0.39 is 11.7 Å². The number of alkyl halides is 3. The van der Waals surface area contributed by atoms with E-state index in [1.54, 1.807) is 18.3 Å². The largest absolute Gasteiger partial charge is 0.416 e. The molecule has 0 aliphatic rings. The lowest BCUT2D eigenvalue weighted by molar-refractivity contribution is -0.138. The predicted molar refractivity (Wildman–Crippen MR) is 71.2 cm³/mol. The third-order valence-electron chi connectivity index (χ3n) is 2.66. The van der Waals surface area contributed by atoms with E-state index in [2.05, 4.69) is 10.1 Å². The molecule has 2 N–H and O–H groups in total. The number of hydrogen-bond acceptors (Lipinski definition) is 3. The topological polar surface area (TPSA) is 60.5 Å². The summed E-state index contributed by atoms with van der Waals surface area (Å²) < 4.78 is 38.3. The maximum absolute atomic E-state index is 12.8. The van der Waals surface area contributed by atoms with Gasteiger partial charge in [-0.05, 0) is 18.2 Å². The van der Waals surface area contributed by atoms with Crippen molar-refractivity contribution in [1.29, 1.82) is 0 Å². The van der Waals surface area contributed by atoms with Crippen LogP contribution < -0.4 is 5.73 Å². The van der Waals surface area contributed by atoms with E-state index in [0.717, 1.165) is 6.07 Å². The van der Waals surface area contributed by atoms with Crippen LogP contribution in [-0.2, 0) is 17.6 Å². The van der Waals surface area contributed by atoms with Gasteiger partial charge in [0.2, 0.25) is 0 Å². The number of rotatable bonds is 4. The number of aromatic nitrogens is 1. The molecule has 7 heteroatoms. The molecule has 0 fully saturated rings. The molecule has 21 heavy (non-hydrogen) atoms. The van der Waals surface area contributed by atoms with E-state index in [4.69, 9.17) is 10.6 Å². The van der Waals surface area contributed by atoms with Crippen LogP contribution in [0.4, 0.5) is 13.2 Å². The molecule has 4 nitrogen and oxygen atoms in total. The molecule has 1 aromatic carbocycles. The molecule has 0 spiro atoms. The Balaban J connectivity index is 2.08. The predicted octanol–water partition coefficient (Wildman–Crippen LogP) is 2.94. The Morgan fingerprint density at radius 1 is 1.19 bits per heavy atom. The molecule has 0 saturated heterocycles. The molecule has 0 amide bonds. The lowest BCUT2D eigenvalue weighted by Gasteiger charge is -2.11. The zero-order valence-electron chi connectivity index (χ0n) is 10.8. The summed E-state index contributed by atoms with van der Waals surface area (Å²) in [5.74, 6) is 0.0487. The fourth-order valence-corrected chi connectivity index (χ4v) is 1.66. The number of nitrogens with zero attached hydrogens (tertiary/aromatic N) is 2. The maximum atomic E-state index is 12.8. The van der Waals surface area contributed by atoms with Gasteiger partial charge in [-0.2, -0.15) is 13.2 Å². The highest BCUT2D eigenvalue weighted by molar-refractivity contribution is 5.96. The van der Waals surface area contributed by atoms with Crippen molar-refractivity contribution >= 4 is 5.84 Å². The third kappa shape index (κ3) is 3.95. The van der Waals surface area contributed by atoms with Gasteiger partial charge in [-0.1, -0.05) is 23.4 Å². The van der Waals surface area contributed by atoms with Crippen molar-refractivity contribution in [2.75, 3.05) is 0 Å². The quantitative estimate of drug-likeness (QED) is 0.536. The van der Waals surface area contributed by atoms with Crippen LogP contribution in [0.5, 0.6) is 0 Å². The van der Waals surface area contributed by atoms with Gasteiger partial charge in [-0.15, -0.1) is 0 Å². The van der Waals surface area contributed by atoms with Gasteiger partial charge in [0.15, 0.2) is 5.84 Å². The zero-order valence-corrected chi connectivity index (χ0v) is 10.8. The van der Waals surface area contributed by atoms with E-state index in [1.807, 2.05) is 0 Å². The smallest absolute Gasteiger partial charge is 0.389 e. The highest BCUT2D eigenvalue weighted by Gasteiger charge is 2.32. The van der Waals surface area contributed by atoms with Crippen molar-refractivity contribution in [1.82, 2.24) is 4.98 Å². The summed E-state index contributed by atoms with van der Waals surface area (Å²) in [7, 11) is 0. The van der Waals surface area contributed by atoms with E-state index >= 15 is 0 Å². The second kappa shape index (κ2) is 6.25. The van der Waals surface area contributed by atoms with E-state index in [-0.39, 0.29) is 18.0 Å². The first kappa shape index (κ1) is 14.8. The maximum Gasteiger partial charge on any atom is 0.416 e. The lowest BCUT2D eigenvalue weighted by atomic mass is 10.1. The summed E-state index contributed by atoms with van der Waals surface area (Å²) in [5, 5.41) is 3.60. The van der Waals surface area contributed by atoms with Crippen LogP contribution in [0.25, 0.3) is 0 Å². The third-order valence-corrected chi connectivity index (χ3v) is 2.66. The zero-order chi connectivity index (χ0) is 15.3. The van der Waals surface area contributed by atoms with Crippen molar-refractivity contribution in [2.24, 2.45) is 10.9 Å². The van der Waals surface area contributed by atoms with Crippen LogP contribution in [0.2, 0.25) is 0 Å². The van der Waals surface area contributed by atoms with E-state index in [0.29, 0.717) is 5.56 Å². The molecule has 0 bridgehead atoms. The van der Waals surface area contributed by atoms with Gasteiger partial charge in [0.05, 0.1) is 5.56 Å². The van der Waals surface area contributed by atoms with Crippen molar-refractivity contribution in [2.45, 2.75) is 12.8 Å². The SMILES string of the molecule is NC(=NOCc1ccccc1C(F)(F)F)c1cccnc1. The number of benzene rings is 1. The Bertz CT molecular complexity index is 627. The van der Waals surface area contributed by atoms with Crippen LogP contribution in [0.3, 0.4) is 0 Å². The molecule has 0 unspecified atom stereocenters. The first-order valence-corrected chi connectivity index (χ1v) is 5.99. The van der Waals surface area contributed by atoms with Gasteiger partial charge >= 0.3 is 6.18 Å². The second-order valence-electron chi connectivity index (χ2n) is 4.15. The standard InChI is InChI=1S/C14H12F3N3O/c15-14(16,17)12-6-2-1-4-11(12)9-21-20-13(18)10-5-3-7-19-8-10/h1-8H,9H2,(H2,18,20). The first-order chi connectivity index (χ1) is 9.98. The Morgan fingerprint density at radius 2 is 1.95 bits per heavy atom. The average molecular weight is 295 g/mol. The Kier molecular flexibility index (Phi) is 4.42. The second-order valence-corrected chi connectivity index (χ2v) is 4.15. The molecule has 0 saturated carbocycles. The van der Waals surface area contributed by atoms with Gasteiger partial charge in [0.1, 0.15) is 6.61 Å². The number of hydrogen-bond donors (Lipinski definition) is 1. The van der Waals surface area contributed by atoms with Gasteiger partial charge < -0.3 is 10.6 Å². The van der Waals surface area contributed by atoms with Crippen molar-refractivity contribution in [3.05, 3.63) is 65.5 Å². The highest BCUT2D eigenvalue weighted by atomic mass is 19.4. The number of nitrogens with two attached hydrogens (primary N) is 1. The molecule has 0 atom stereocenters. The molecule has 0 aliphatic carbocycles. The average Bonchev–Trinajstić information content (AvgIpc) is 2.47. The van der Waals surface area contributed by atoms with Crippen molar-refractivity contribution < 1.29 is 18.0 Å². The van der Waals surface area contributed by atoms with Crippen LogP contribution in [0.15, 0.2) is 53.9 Å². The fourth-order valence-electron chi connectivity index (χ4n) is 1.66.